The predicted molar refractivity (Wildman–Crippen MR) is 79.5 cm³/mol. The molecule has 1 N–H and O–H groups in total. The molecule has 0 aliphatic heterocycles. The van der Waals surface area contributed by atoms with Gasteiger partial charge in [0, 0.05) is 11.6 Å². The van der Waals surface area contributed by atoms with Crippen molar-refractivity contribution < 1.29 is 9.13 Å². The topological polar surface area (TPSA) is 21.3 Å². The highest BCUT2D eigenvalue weighted by Gasteiger charge is 2.15. The molecule has 2 aromatic carbocycles. The molecule has 0 aliphatic rings. The second kappa shape index (κ2) is 7.06. The number of methoxy groups -OCH3 is 1. The van der Waals surface area contributed by atoms with Gasteiger partial charge in [-0.1, -0.05) is 36.4 Å². The van der Waals surface area contributed by atoms with Crippen LogP contribution in [-0.2, 0) is 6.42 Å². The maximum absolute atomic E-state index is 13.9. The first kappa shape index (κ1) is 14.5. The Morgan fingerprint density at radius 2 is 1.85 bits per heavy atom. The second-order valence-corrected chi connectivity index (χ2v) is 4.77. The minimum atomic E-state index is -0.232. The summed E-state index contributed by atoms with van der Waals surface area (Å²) in [5, 5.41) is 3.34. The molecule has 0 amide bonds. The first-order chi connectivity index (χ1) is 9.72. The summed E-state index contributed by atoms with van der Waals surface area (Å²) in [5.41, 5.74) is 1.86. The maximum Gasteiger partial charge on any atom is 0.131 e. The number of ether oxygens (including phenoxy) is 1. The molecule has 0 fully saturated rings. The van der Waals surface area contributed by atoms with Crippen LogP contribution in [0.3, 0.4) is 0 Å². The third kappa shape index (κ3) is 3.58. The highest BCUT2D eigenvalue weighted by molar-refractivity contribution is 5.36. The Morgan fingerprint density at radius 3 is 2.55 bits per heavy atom. The van der Waals surface area contributed by atoms with Crippen molar-refractivity contribution in [3.63, 3.8) is 0 Å². The Hall–Kier alpha value is -1.87. The molecule has 106 valence electrons. The Kier molecular flexibility index (Phi) is 5.13. The fourth-order valence-corrected chi connectivity index (χ4v) is 2.30. The fourth-order valence-electron chi connectivity index (χ4n) is 2.30. The van der Waals surface area contributed by atoms with Crippen LogP contribution in [0.4, 0.5) is 4.39 Å². The average Bonchev–Trinajstić information content (AvgIpc) is 2.47. The Morgan fingerprint density at radius 1 is 1.10 bits per heavy atom. The molecule has 1 atom stereocenters. The molecule has 0 aromatic heterocycles. The van der Waals surface area contributed by atoms with Crippen molar-refractivity contribution in [2.75, 3.05) is 13.7 Å². The number of hydrogen-bond donors (Lipinski definition) is 1. The summed E-state index contributed by atoms with van der Waals surface area (Å²) in [6.07, 6.45) is 0.919. The molecular weight excluding hydrogens is 253 g/mol. The second-order valence-electron chi connectivity index (χ2n) is 4.77. The summed E-state index contributed by atoms with van der Waals surface area (Å²) >= 11 is 0. The van der Waals surface area contributed by atoms with E-state index in [1.807, 2.05) is 25.1 Å². The zero-order valence-corrected chi connectivity index (χ0v) is 11.9. The van der Waals surface area contributed by atoms with Crippen LogP contribution in [0.5, 0.6) is 5.75 Å². The van der Waals surface area contributed by atoms with Gasteiger partial charge >= 0.3 is 0 Å². The van der Waals surface area contributed by atoms with E-state index in [1.54, 1.807) is 19.2 Å². The van der Waals surface area contributed by atoms with Crippen molar-refractivity contribution in [2.45, 2.75) is 19.4 Å². The molecule has 0 bridgehead atoms. The van der Waals surface area contributed by atoms with Crippen molar-refractivity contribution in [3.05, 3.63) is 65.5 Å². The lowest BCUT2D eigenvalue weighted by atomic mass is 10.1. The van der Waals surface area contributed by atoms with Crippen molar-refractivity contribution in [1.29, 1.82) is 0 Å². The van der Waals surface area contributed by atoms with Gasteiger partial charge in [0.05, 0.1) is 7.11 Å². The molecule has 0 saturated heterocycles. The van der Waals surface area contributed by atoms with Crippen LogP contribution in [0.2, 0.25) is 0 Å². The molecule has 20 heavy (non-hydrogen) atoms. The van der Waals surface area contributed by atoms with Crippen molar-refractivity contribution in [2.24, 2.45) is 0 Å². The van der Waals surface area contributed by atoms with Crippen LogP contribution in [0.25, 0.3) is 0 Å². The molecule has 1 unspecified atom stereocenters. The van der Waals surface area contributed by atoms with E-state index in [-0.39, 0.29) is 11.9 Å². The smallest absolute Gasteiger partial charge is 0.131 e. The van der Waals surface area contributed by atoms with Crippen LogP contribution >= 0.6 is 0 Å². The normalized spacial score (nSPS) is 12.2. The van der Waals surface area contributed by atoms with E-state index in [4.69, 9.17) is 4.74 Å². The Balaban J connectivity index is 1.97. The van der Waals surface area contributed by atoms with Gasteiger partial charge in [-0.15, -0.1) is 0 Å². The van der Waals surface area contributed by atoms with Gasteiger partial charge in [0.1, 0.15) is 11.6 Å². The highest BCUT2D eigenvalue weighted by Crippen LogP contribution is 2.27. The number of nitrogens with one attached hydrogen (secondary N) is 1. The zero-order chi connectivity index (χ0) is 14.4. The number of halogens is 1. The quantitative estimate of drug-likeness (QED) is 0.866. The Labute approximate surface area is 119 Å². The van der Waals surface area contributed by atoms with E-state index in [2.05, 4.69) is 17.4 Å². The summed E-state index contributed by atoms with van der Waals surface area (Å²) in [6.45, 7) is 2.74. The molecular formula is C17H20FNO. The highest BCUT2D eigenvalue weighted by atomic mass is 19.1. The van der Waals surface area contributed by atoms with Gasteiger partial charge in [-0.25, -0.2) is 4.39 Å². The van der Waals surface area contributed by atoms with Crippen LogP contribution in [0.1, 0.15) is 24.1 Å². The summed E-state index contributed by atoms with van der Waals surface area (Å²) in [6, 6.07) is 15.1. The SMILES string of the molecule is COc1cccc(F)c1C(C)NCCc1ccccc1. The van der Waals surface area contributed by atoms with E-state index in [9.17, 15) is 4.39 Å². The van der Waals surface area contributed by atoms with Crippen LogP contribution < -0.4 is 10.1 Å². The van der Waals surface area contributed by atoms with Gasteiger partial charge in [0.2, 0.25) is 0 Å². The van der Waals surface area contributed by atoms with Gasteiger partial charge in [0.15, 0.2) is 0 Å². The molecule has 0 saturated carbocycles. The largest absolute Gasteiger partial charge is 0.496 e. The first-order valence-electron chi connectivity index (χ1n) is 6.82. The van der Waals surface area contributed by atoms with Gasteiger partial charge < -0.3 is 10.1 Å². The minimum Gasteiger partial charge on any atom is -0.496 e. The lowest BCUT2D eigenvalue weighted by Gasteiger charge is -2.18. The lowest BCUT2D eigenvalue weighted by molar-refractivity contribution is 0.394. The third-order valence-corrected chi connectivity index (χ3v) is 3.37. The molecule has 0 heterocycles. The molecule has 2 rings (SSSR count). The Bertz CT molecular complexity index is 542. The van der Waals surface area contributed by atoms with Gasteiger partial charge in [0.25, 0.3) is 0 Å². The maximum atomic E-state index is 13.9. The average molecular weight is 273 g/mol. The molecule has 0 aliphatic carbocycles. The van der Waals surface area contributed by atoms with Gasteiger partial charge in [-0.3, -0.25) is 0 Å². The molecule has 2 nitrogen and oxygen atoms in total. The minimum absolute atomic E-state index is 0.0881. The first-order valence-corrected chi connectivity index (χ1v) is 6.82. The fraction of sp³-hybridized carbons (Fsp3) is 0.294. The van der Waals surface area contributed by atoms with Crippen LogP contribution in [0, 0.1) is 5.82 Å². The zero-order valence-electron chi connectivity index (χ0n) is 11.9. The van der Waals surface area contributed by atoms with Gasteiger partial charge in [-0.05, 0) is 37.6 Å². The van der Waals surface area contributed by atoms with Crippen LogP contribution in [-0.4, -0.2) is 13.7 Å². The van der Waals surface area contributed by atoms with E-state index >= 15 is 0 Å². The van der Waals surface area contributed by atoms with Crippen molar-refractivity contribution in [1.82, 2.24) is 5.32 Å². The molecule has 3 heteroatoms. The number of benzene rings is 2. The predicted octanol–water partition coefficient (Wildman–Crippen LogP) is 3.73. The third-order valence-electron chi connectivity index (χ3n) is 3.37. The summed E-state index contributed by atoms with van der Waals surface area (Å²) in [5.74, 6) is 0.355. The van der Waals surface area contributed by atoms with E-state index < -0.39 is 0 Å². The van der Waals surface area contributed by atoms with Crippen molar-refractivity contribution in [3.8, 4) is 5.75 Å². The van der Waals surface area contributed by atoms with E-state index in [0.29, 0.717) is 11.3 Å². The lowest BCUT2D eigenvalue weighted by Crippen LogP contribution is -2.22. The summed E-state index contributed by atoms with van der Waals surface area (Å²) < 4.78 is 19.1. The van der Waals surface area contributed by atoms with E-state index in [1.165, 1.54) is 11.6 Å². The summed E-state index contributed by atoms with van der Waals surface area (Å²) in [7, 11) is 1.56. The van der Waals surface area contributed by atoms with E-state index in [0.717, 1.165) is 13.0 Å². The number of rotatable bonds is 6. The molecule has 0 radical (unpaired) electrons. The molecule has 2 aromatic rings. The monoisotopic (exact) mass is 273 g/mol. The van der Waals surface area contributed by atoms with Crippen molar-refractivity contribution >= 4 is 0 Å². The van der Waals surface area contributed by atoms with Gasteiger partial charge in [-0.2, -0.15) is 0 Å². The standard InChI is InChI=1S/C17H20FNO/c1-13(17-15(18)9-6-10-16(17)20-2)19-12-11-14-7-4-3-5-8-14/h3-10,13,19H,11-12H2,1-2H3. The summed E-state index contributed by atoms with van der Waals surface area (Å²) in [4.78, 5) is 0. The number of hydrogen-bond acceptors (Lipinski definition) is 2. The molecule has 0 spiro atoms. The van der Waals surface area contributed by atoms with Crippen LogP contribution in [0.15, 0.2) is 48.5 Å².